The van der Waals surface area contributed by atoms with E-state index in [1.165, 1.54) is 66.7 Å². The average molecular weight is 1180 g/mol. The van der Waals surface area contributed by atoms with Gasteiger partial charge in [-0.15, -0.1) is 0 Å². The maximum atomic E-state index is 15.5. The lowest BCUT2D eigenvalue weighted by Crippen LogP contribution is -2.08. The van der Waals surface area contributed by atoms with Crippen LogP contribution >= 0.6 is 0 Å². The lowest BCUT2D eigenvalue weighted by Gasteiger charge is -2.20. The molecule has 10 aromatic carbocycles. The first-order chi connectivity index (χ1) is 44.6. The molecule has 0 atom stereocenters. The molecule has 0 radical (unpaired) electrons. The second kappa shape index (κ2) is 22.4. The van der Waals surface area contributed by atoms with Gasteiger partial charge in [0.05, 0.1) is 190 Å². The van der Waals surface area contributed by atoms with Gasteiger partial charge >= 0.3 is 6.18 Å². The minimum Gasteiger partial charge on any atom is -0.309 e. The van der Waals surface area contributed by atoms with Crippen LogP contribution in [0.2, 0.25) is 0 Å². The van der Waals surface area contributed by atoms with E-state index in [-0.39, 0.29) is 122 Å². The van der Waals surface area contributed by atoms with Crippen LogP contribution < -0.4 is 0 Å². The molecule has 12 aromatic rings. The Kier molecular flexibility index (Phi) is 14.0. The summed E-state index contributed by atoms with van der Waals surface area (Å²) in [6.45, 7) is 0. The van der Waals surface area contributed by atoms with E-state index in [1.807, 2.05) is 24.3 Å². The van der Waals surface area contributed by atoms with E-state index in [9.17, 15) is 68.4 Å². The molecule has 2 aromatic heterocycles. The van der Waals surface area contributed by atoms with Crippen LogP contribution in [0.4, 0.5) is 13.2 Å². The van der Waals surface area contributed by atoms with Crippen LogP contribution in [0.25, 0.3) is 111 Å². The SMILES string of the molecule is N#Cc1cc(C#N)c(-c2ccc3c(c2)c2cc(-c4c(C#N)cc(C#N)cc4C#N)ccc2n3-c2ccc(C#N)cc2-c2ccc(C(F)(F)F)cc2-n2c3ccc(-c4c(C#N)cc(C#N)cc4C#N)cc3c3cc(-c4c(C#N)cc(C#N)cc4C#N)ccc32)c(C#N)c1. The van der Waals surface area contributed by atoms with Crippen LogP contribution in [0.1, 0.15) is 77.9 Å². The highest BCUT2D eigenvalue weighted by Gasteiger charge is 2.33. The van der Waals surface area contributed by atoms with Crippen molar-refractivity contribution in [2.24, 2.45) is 0 Å². The van der Waals surface area contributed by atoms with E-state index < -0.39 is 11.7 Å². The van der Waals surface area contributed by atoms with Crippen molar-refractivity contribution in [2.75, 3.05) is 0 Å². The van der Waals surface area contributed by atoms with Gasteiger partial charge in [-0.25, -0.2) is 0 Å². The molecule has 0 amide bonds. The van der Waals surface area contributed by atoms with Gasteiger partial charge in [0.1, 0.15) is 0 Å². The zero-order valence-electron chi connectivity index (χ0n) is 46.9. The molecule has 0 saturated carbocycles. The number of benzene rings is 10. The molecule has 92 heavy (non-hydrogen) atoms. The number of fused-ring (bicyclic) bond motifs is 6. The lowest BCUT2D eigenvalue weighted by molar-refractivity contribution is -0.137. The average Bonchev–Trinajstić information content (AvgIpc) is 1.57. The van der Waals surface area contributed by atoms with Gasteiger partial charge < -0.3 is 9.13 Å². The minimum absolute atomic E-state index is 0.0159. The number of nitriles is 13. The van der Waals surface area contributed by atoms with Crippen molar-refractivity contribution in [1.29, 1.82) is 68.4 Å². The molecular weight excluding hydrogens is 1160 g/mol. The van der Waals surface area contributed by atoms with Gasteiger partial charge in [0.2, 0.25) is 0 Å². The predicted molar refractivity (Wildman–Crippen MR) is 329 cm³/mol. The summed E-state index contributed by atoms with van der Waals surface area (Å²) in [5.74, 6) is 0. The molecule has 12 rings (SSSR count). The van der Waals surface area contributed by atoms with Crippen LogP contribution in [0, 0.1) is 147 Å². The lowest BCUT2D eigenvalue weighted by atomic mass is 9.91. The summed E-state index contributed by atoms with van der Waals surface area (Å²) in [5, 5.41) is 135. The third-order valence-corrected chi connectivity index (χ3v) is 15.9. The standard InChI is InChI=1S/C74H26F3N15/c75-74(76,77)57-6-7-58(69(26-57)92-67-11-4-47(72-53(36-87)17-43(30-81)18-54(72)37-88)24-62(67)63-25-48(5-12-68(63)92)73-55(38-89)19-44(31-82)20-56(73)39-90)59-21-40(27-78)1-8-64(59)91-65-9-2-45(70-49(32-83)13-41(28-79)14-50(70)33-84)22-60(65)61-23-46(3-10-66(61)91)71-51(34-85)15-42(29-80)16-52(71)35-86/h1-26H. The molecule has 0 spiro atoms. The minimum atomic E-state index is -4.95. The second-order valence-electron chi connectivity index (χ2n) is 20.8. The molecule has 0 aliphatic heterocycles. The van der Waals surface area contributed by atoms with Crippen molar-refractivity contribution in [3.63, 3.8) is 0 Å². The summed E-state index contributed by atoms with van der Waals surface area (Å²) in [7, 11) is 0. The molecule has 2 heterocycles. The molecule has 0 bridgehead atoms. The van der Waals surface area contributed by atoms with Crippen molar-refractivity contribution in [2.45, 2.75) is 6.18 Å². The van der Waals surface area contributed by atoms with Gasteiger partial charge in [-0.3, -0.25) is 0 Å². The van der Waals surface area contributed by atoms with Crippen molar-refractivity contribution in [1.82, 2.24) is 9.13 Å². The Morgan fingerprint density at radius 2 is 0.533 bits per heavy atom. The third kappa shape index (κ3) is 9.21. The predicted octanol–water partition coefficient (Wildman–Crippen LogP) is 15.6. The summed E-state index contributed by atoms with van der Waals surface area (Å²) < 4.78 is 49.9. The van der Waals surface area contributed by atoms with Gasteiger partial charge in [0, 0.05) is 54.9 Å². The number of hydrogen-bond acceptors (Lipinski definition) is 13. The molecule has 0 aliphatic carbocycles. The third-order valence-electron chi connectivity index (χ3n) is 15.9. The van der Waals surface area contributed by atoms with Gasteiger partial charge in [0.25, 0.3) is 0 Å². The van der Waals surface area contributed by atoms with Crippen LogP contribution in [0.5, 0.6) is 0 Å². The number of halogens is 3. The Hall–Kier alpha value is -15.0. The summed E-state index contributed by atoms with van der Waals surface area (Å²) >= 11 is 0. The molecular formula is C74H26F3N15. The monoisotopic (exact) mass is 1180 g/mol. The fourth-order valence-electron chi connectivity index (χ4n) is 12.1. The number of aromatic nitrogens is 2. The van der Waals surface area contributed by atoms with Crippen molar-refractivity contribution in [3.8, 4) is 146 Å². The Morgan fingerprint density at radius 1 is 0.250 bits per heavy atom. The van der Waals surface area contributed by atoms with Gasteiger partial charge in [-0.1, -0.05) is 30.3 Å². The molecule has 0 fully saturated rings. The van der Waals surface area contributed by atoms with E-state index in [2.05, 4.69) is 54.6 Å². The molecule has 15 nitrogen and oxygen atoms in total. The number of alkyl halides is 3. The first-order valence-electron chi connectivity index (χ1n) is 27.1. The maximum Gasteiger partial charge on any atom is 0.416 e. The van der Waals surface area contributed by atoms with Gasteiger partial charge in [0.15, 0.2) is 0 Å². The van der Waals surface area contributed by atoms with Crippen LogP contribution in [-0.2, 0) is 6.18 Å². The Morgan fingerprint density at radius 3 is 0.793 bits per heavy atom. The topological polar surface area (TPSA) is 319 Å². The molecule has 0 N–H and O–H groups in total. The normalized spacial score (nSPS) is 10.6. The van der Waals surface area contributed by atoms with Crippen LogP contribution in [0.3, 0.4) is 0 Å². The maximum absolute atomic E-state index is 15.5. The molecule has 418 valence electrons. The summed E-state index contributed by atoms with van der Waals surface area (Å²) in [5.41, 5.74) is 3.27. The smallest absolute Gasteiger partial charge is 0.309 e. The van der Waals surface area contributed by atoms with E-state index in [1.54, 1.807) is 88.0 Å². The fourth-order valence-corrected chi connectivity index (χ4v) is 12.1. The Balaban J connectivity index is 1.20. The van der Waals surface area contributed by atoms with Gasteiger partial charge in [-0.05, 0) is 150 Å². The summed E-state index contributed by atoms with van der Waals surface area (Å²) in [6, 6.07) is 65.1. The summed E-state index contributed by atoms with van der Waals surface area (Å²) in [6.07, 6.45) is -4.95. The number of rotatable bonds is 7. The number of nitrogens with zero attached hydrogens (tertiary/aromatic N) is 15. The van der Waals surface area contributed by atoms with E-state index >= 15 is 13.2 Å². The highest BCUT2D eigenvalue weighted by Crippen LogP contribution is 2.47. The van der Waals surface area contributed by atoms with E-state index in [0.29, 0.717) is 60.5 Å². The Bertz CT molecular complexity index is 5560. The van der Waals surface area contributed by atoms with Crippen molar-refractivity contribution in [3.05, 3.63) is 236 Å². The largest absolute Gasteiger partial charge is 0.416 e. The molecule has 0 unspecified atom stereocenters. The molecule has 0 aliphatic rings. The molecule has 0 saturated heterocycles. The van der Waals surface area contributed by atoms with Crippen LogP contribution in [0.15, 0.2) is 158 Å². The van der Waals surface area contributed by atoms with E-state index in [4.69, 9.17) is 0 Å². The fraction of sp³-hybridized carbons (Fsp3) is 0.0135. The summed E-state index contributed by atoms with van der Waals surface area (Å²) in [4.78, 5) is 0. The molecule has 18 heteroatoms. The van der Waals surface area contributed by atoms with Crippen molar-refractivity contribution >= 4 is 43.6 Å². The van der Waals surface area contributed by atoms with Crippen LogP contribution in [-0.4, -0.2) is 9.13 Å². The quantitative estimate of drug-likeness (QED) is 0.143. The first-order valence-corrected chi connectivity index (χ1v) is 27.1. The zero-order valence-corrected chi connectivity index (χ0v) is 46.9. The zero-order chi connectivity index (χ0) is 64.9. The first kappa shape index (κ1) is 57.4. The van der Waals surface area contributed by atoms with Crippen molar-refractivity contribution < 1.29 is 13.2 Å². The number of hydrogen-bond donors (Lipinski definition) is 0. The van der Waals surface area contributed by atoms with Gasteiger partial charge in [-0.2, -0.15) is 81.6 Å². The Labute approximate surface area is 519 Å². The van der Waals surface area contributed by atoms with E-state index in [0.717, 1.165) is 12.1 Å². The highest BCUT2D eigenvalue weighted by atomic mass is 19.4. The highest BCUT2D eigenvalue weighted by molar-refractivity contribution is 6.15. The second-order valence-corrected chi connectivity index (χ2v) is 20.8.